The number of hydrogen-bond acceptors (Lipinski definition) is 8. The maximum Gasteiger partial charge on any atom is 0.358 e. The molecule has 2 aromatic heterocycles. The highest BCUT2D eigenvalue weighted by atomic mass is 35.5. The van der Waals surface area contributed by atoms with Crippen LogP contribution < -0.4 is 9.47 Å². The van der Waals surface area contributed by atoms with Gasteiger partial charge in [-0.1, -0.05) is 23.7 Å². The molecule has 7 rings (SSSR count). The minimum Gasteiger partial charge on any atom is -0.476 e. The van der Waals surface area contributed by atoms with Gasteiger partial charge in [0.15, 0.2) is 17.2 Å². The summed E-state index contributed by atoms with van der Waals surface area (Å²) in [5, 5.41) is 9.84. The number of halogens is 2. The number of imidazole rings is 1. The Labute approximate surface area is 264 Å². The van der Waals surface area contributed by atoms with Crippen LogP contribution in [0.2, 0.25) is 5.02 Å². The van der Waals surface area contributed by atoms with E-state index in [1.807, 2.05) is 19.1 Å². The van der Waals surface area contributed by atoms with Crippen molar-refractivity contribution in [2.24, 2.45) is 0 Å². The summed E-state index contributed by atoms with van der Waals surface area (Å²) >= 11 is 5.98. The highest BCUT2D eigenvalue weighted by Crippen LogP contribution is 2.50. The van der Waals surface area contributed by atoms with Crippen LogP contribution in [-0.2, 0) is 23.6 Å². The number of carbonyl (C=O) groups is 1. The second-order valence-corrected chi connectivity index (χ2v) is 12.5. The fourth-order valence-electron chi connectivity index (χ4n) is 6.59. The molecule has 5 heterocycles. The van der Waals surface area contributed by atoms with E-state index in [1.54, 1.807) is 26.0 Å². The van der Waals surface area contributed by atoms with Gasteiger partial charge in [0.2, 0.25) is 5.89 Å². The van der Waals surface area contributed by atoms with E-state index in [0.29, 0.717) is 40.9 Å². The van der Waals surface area contributed by atoms with Gasteiger partial charge in [-0.05, 0) is 76.4 Å². The fourth-order valence-corrected chi connectivity index (χ4v) is 6.75. The first-order valence-electron chi connectivity index (χ1n) is 15.2. The number of ether oxygens (including phenoxy) is 3. The standard InChI is InChI=1S/C33H34ClFN4O6/c1-18-29(31-37-28(32(40)41)19(2)43-31)39(16-22-11-14-42-22)27(36-18)17-38-12-9-20(10-13-38)23-5-4-6-26-30(23)45-33(3,44-26)24-8-7-21(34)15-25(24)35/h4-8,15,20,22H,9-14,16-17H2,1-3H3,(H,40,41)/t22-,33-/m0/s1. The lowest BCUT2D eigenvalue weighted by Crippen LogP contribution is -2.35. The number of likely N-dealkylation sites (tertiary alicyclic amines) is 1. The summed E-state index contributed by atoms with van der Waals surface area (Å²) in [5.41, 5.74) is 2.67. The molecule has 0 bridgehead atoms. The van der Waals surface area contributed by atoms with Crippen LogP contribution >= 0.6 is 11.6 Å². The number of aromatic carboxylic acids is 1. The zero-order valence-corrected chi connectivity index (χ0v) is 26.1. The van der Waals surface area contributed by atoms with Crippen molar-refractivity contribution in [3.8, 4) is 23.1 Å². The van der Waals surface area contributed by atoms with Crippen molar-refractivity contribution in [2.45, 2.75) is 70.9 Å². The fraction of sp³-hybridized carbons (Fsp3) is 0.424. The van der Waals surface area contributed by atoms with E-state index in [0.717, 1.165) is 56.0 Å². The van der Waals surface area contributed by atoms with Crippen molar-refractivity contribution in [1.29, 1.82) is 0 Å². The minimum absolute atomic E-state index is 0.0614. The molecule has 45 heavy (non-hydrogen) atoms. The number of para-hydroxylation sites is 1. The minimum atomic E-state index is -1.29. The number of fused-ring (bicyclic) bond motifs is 1. The smallest absolute Gasteiger partial charge is 0.358 e. The second-order valence-electron chi connectivity index (χ2n) is 12.1. The van der Waals surface area contributed by atoms with Gasteiger partial charge < -0.3 is 28.3 Å². The number of benzene rings is 2. The molecule has 4 aromatic rings. The van der Waals surface area contributed by atoms with Gasteiger partial charge in [-0.15, -0.1) is 0 Å². The average molecular weight is 637 g/mol. The van der Waals surface area contributed by atoms with Crippen molar-refractivity contribution in [1.82, 2.24) is 19.4 Å². The van der Waals surface area contributed by atoms with Crippen LogP contribution in [0.5, 0.6) is 11.5 Å². The van der Waals surface area contributed by atoms with Crippen LogP contribution in [0.4, 0.5) is 4.39 Å². The number of carboxylic acids is 1. The molecule has 236 valence electrons. The molecule has 0 radical (unpaired) electrons. The molecular formula is C33H34ClFN4O6. The number of piperidine rings is 1. The molecule has 10 nitrogen and oxygen atoms in total. The number of aryl methyl sites for hydroxylation is 2. The van der Waals surface area contributed by atoms with E-state index in [4.69, 9.17) is 35.2 Å². The maximum absolute atomic E-state index is 14.8. The first-order valence-corrected chi connectivity index (χ1v) is 15.5. The van der Waals surface area contributed by atoms with E-state index in [-0.39, 0.29) is 29.4 Å². The van der Waals surface area contributed by atoms with Gasteiger partial charge in [0.25, 0.3) is 5.79 Å². The van der Waals surface area contributed by atoms with Crippen molar-refractivity contribution in [2.75, 3.05) is 19.7 Å². The Kier molecular flexibility index (Phi) is 7.58. The maximum atomic E-state index is 14.8. The Morgan fingerprint density at radius 3 is 2.58 bits per heavy atom. The predicted molar refractivity (Wildman–Crippen MR) is 162 cm³/mol. The molecule has 2 aromatic carbocycles. The molecule has 1 N–H and O–H groups in total. The lowest BCUT2D eigenvalue weighted by Gasteiger charge is -2.33. The number of carboxylic acid groups (broad SMARTS) is 1. The van der Waals surface area contributed by atoms with Crippen molar-refractivity contribution in [3.63, 3.8) is 0 Å². The number of oxazole rings is 1. The molecule has 3 aliphatic heterocycles. The van der Waals surface area contributed by atoms with Crippen LogP contribution in [-0.4, -0.2) is 56.3 Å². The molecule has 2 saturated heterocycles. The third-order valence-corrected chi connectivity index (χ3v) is 9.26. The van der Waals surface area contributed by atoms with Crippen LogP contribution in [0.25, 0.3) is 11.6 Å². The van der Waals surface area contributed by atoms with Crippen molar-refractivity contribution >= 4 is 17.6 Å². The SMILES string of the molecule is Cc1nc(CN2CCC(c3cccc4c3O[C@@](C)(c3ccc(Cl)cc3F)O4)CC2)n(C[C@@H]2CCO2)c1-c1nc(C(=O)O)c(C)o1. The number of hydrogen-bond donors (Lipinski definition) is 1. The monoisotopic (exact) mass is 636 g/mol. The van der Waals surface area contributed by atoms with Gasteiger partial charge in [-0.25, -0.2) is 19.2 Å². The van der Waals surface area contributed by atoms with Crippen LogP contribution in [0.15, 0.2) is 40.8 Å². The largest absolute Gasteiger partial charge is 0.476 e. The van der Waals surface area contributed by atoms with E-state index in [2.05, 4.69) is 20.5 Å². The van der Waals surface area contributed by atoms with E-state index < -0.39 is 17.6 Å². The molecule has 0 unspecified atom stereocenters. The highest BCUT2D eigenvalue weighted by Gasteiger charge is 2.43. The Morgan fingerprint density at radius 2 is 1.91 bits per heavy atom. The van der Waals surface area contributed by atoms with Gasteiger partial charge in [0, 0.05) is 24.1 Å². The lowest BCUT2D eigenvalue weighted by atomic mass is 9.88. The van der Waals surface area contributed by atoms with E-state index >= 15 is 0 Å². The first kappa shape index (κ1) is 29.8. The Bertz CT molecular complexity index is 1780. The summed E-state index contributed by atoms with van der Waals surface area (Å²) in [6.07, 6.45) is 2.80. The molecule has 2 atom stereocenters. The van der Waals surface area contributed by atoms with E-state index in [9.17, 15) is 14.3 Å². The molecular weight excluding hydrogens is 603 g/mol. The predicted octanol–water partition coefficient (Wildman–Crippen LogP) is 6.46. The average Bonchev–Trinajstić information content (AvgIpc) is 3.62. The molecule has 0 aliphatic carbocycles. The van der Waals surface area contributed by atoms with Gasteiger partial charge in [0.1, 0.15) is 23.1 Å². The summed E-state index contributed by atoms with van der Waals surface area (Å²) < 4.78 is 41.0. The quantitative estimate of drug-likeness (QED) is 0.233. The second kappa shape index (κ2) is 11.5. The van der Waals surface area contributed by atoms with Crippen molar-refractivity contribution < 1.29 is 32.9 Å². The van der Waals surface area contributed by atoms with Gasteiger partial charge in [0.05, 0.1) is 30.5 Å². The normalized spacial score (nSPS) is 21.7. The Morgan fingerprint density at radius 1 is 1.13 bits per heavy atom. The molecule has 0 saturated carbocycles. The number of nitrogens with zero attached hydrogens (tertiary/aromatic N) is 4. The van der Waals surface area contributed by atoms with Crippen molar-refractivity contribution in [3.05, 3.63) is 81.3 Å². The molecule has 12 heteroatoms. The summed E-state index contributed by atoms with van der Waals surface area (Å²) in [7, 11) is 0. The van der Waals surface area contributed by atoms with Gasteiger partial charge in [-0.2, -0.15) is 0 Å². The summed E-state index contributed by atoms with van der Waals surface area (Å²) in [6, 6.07) is 10.4. The zero-order chi connectivity index (χ0) is 31.5. The van der Waals surface area contributed by atoms with Crippen LogP contribution in [0.3, 0.4) is 0 Å². The Balaban J connectivity index is 1.08. The third-order valence-electron chi connectivity index (χ3n) is 9.03. The zero-order valence-electron chi connectivity index (χ0n) is 25.3. The van der Waals surface area contributed by atoms with Gasteiger partial charge >= 0.3 is 5.97 Å². The topological polar surface area (TPSA) is 112 Å². The Hall–Kier alpha value is -3.93. The van der Waals surface area contributed by atoms with E-state index in [1.165, 1.54) is 6.07 Å². The highest BCUT2D eigenvalue weighted by molar-refractivity contribution is 6.30. The third kappa shape index (κ3) is 5.47. The summed E-state index contributed by atoms with van der Waals surface area (Å²) in [6.45, 7) is 8.82. The molecule has 0 spiro atoms. The number of aromatic nitrogens is 3. The number of rotatable bonds is 8. The lowest BCUT2D eigenvalue weighted by molar-refractivity contribution is -0.0712. The van der Waals surface area contributed by atoms with Crippen LogP contribution in [0.1, 0.15) is 71.0 Å². The summed E-state index contributed by atoms with van der Waals surface area (Å²) in [4.78, 5) is 23.2. The molecule has 0 amide bonds. The first-order chi connectivity index (χ1) is 21.6. The molecule has 3 aliphatic rings. The molecule has 2 fully saturated rings. The summed E-state index contributed by atoms with van der Waals surface area (Å²) in [5.74, 6) is -0.0259. The van der Waals surface area contributed by atoms with Gasteiger partial charge in [-0.3, -0.25) is 4.90 Å². The van der Waals surface area contributed by atoms with Crippen LogP contribution in [0, 0.1) is 19.7 Å².